The lowest BCUT2D eigenvalue weighted by molar-refractivity contribution is 0.165. The van der Waals surface area contributed by atoms with Crippen molar-refractivity contribution < 1.29 is 0 Å². The van der Waals surface area contributed by atoms with Crippen LogP contribution in [0.1, 0.15) is 26.2 Å². The maximum Gasteiger partial charge on any atom is 0.166 e. The molecule has 82 valence electrons. The highest BCUT2D eigenvalue weighted by molar-refractivity contribution is 7.80. The number of nitrogens with two attached hydrogens (primary N) is 1. The van der Waals surface area contributed by atoms with Crippen LogP contribution in [0.2, 0.25) is 0 Å². The van der Waals surface area contributed by atoms with Crippen molar-refractivity contribution in [2.45, 2.75) is 32.2 Å². The Bertz CT molecular complexity index is 188. The second-order valence-corrected chi connectivity index (χ2v) is 4.46. The fourth-order valence-electron chi connectivity index (χ4n) is 2.06. The Morgan fingerprint density at radius 3 is 2.50 bits per heavy atom. The van der Waals surface area contributed by atoms with Crippen LogP contribution < -0.4 is 5.73 Å². The molecular formula is C10H21N3S. The van der Waals surface area contributed by atoms with Gasteiger partial charge in [-0.15, -0.1) is 0 Å². The van der Waals surface area contributed by atoms with Gasteiger partial charge in [-0.25, -0.2) is 0 Å². The summed E-state index contributed by atoms with van der Waals surface area (Å²) >= 11 is 4.96. The normalized spacial score (nSPS) is 18.9. The molecule has 0 amide bonds. The molecule has 0 aliphatic carbocycles. The zero-order valence-corrected chi connectivity index (χ0v) is 10.0. The molecule has 0 aromatic carbocycles. The Hall–Kier alpha value is -0.350. The smallest absolute Gasteiger partial charge is 0.166 e. The van der Waals surface area contributed by atoms with Crippen LogP contribution in [0.15, 0.2) is 0 Å². The van der Waals surface area contributed by atoms with Crippen LogP contribution in [0.4, 0.5) is 0 Å². The lowest BCUT2D eigenvalue weighted by atomic mass is 10.0. The van der Waals surface area contributed by atoms with Gasteiger partial charge in [0, 0.05) is 19.1 Å². The highest BCUT2D eigenvalue weighted by atomic mass is 32.1. The van der Waals surface area contributed by atoms with Gasteiger partial charge in [0.05, 0.1) is 0 Å². The van der Waals surface area contributed by atoms with E-state index in [9.17, 15) is 0 Å². The number of rotatable bonds is 3. The number of thiocarbonyl (C=S) groups is 1. The summed E-state index contributed by atoms with van der Waals surface area (Å²) in [5.41, 5.74) is 5.59. The molecule has 0 atom stereocenters. The van der Waals surface area contributed by atoms with E-state index in [1.165, 1.54) is 25.8 Å². The molecule has 1 rings (SSSR count). The summed E-state index contributed by atoms with van der Waals surface area (Å²) in [5.74, 6) is 0. The highest BCUT2D eigenvalue weighted by Gasteiger charge is 2.22. The number of hydrogen-bond donors (Lipinski definition) is 1. The quantitative estimate of drug-likeness (QED) is 0.713. The largest absolute Gasteiger partial charge is 0.376 e. The lowest BCUT2D eigenvalue weighted by Gasteiger charge is -2.36. The van der Waals surface area contributed by atoms with E-state index >= 15 is 0 Å². The third-order valence-corrected chi connectivity index (χ3v) is 3.23. The van der Waals surface area contributed by atoms with Crippen LogP contribution in [0.25, 0.3) is 0 Å². The molecule has 14 heavy (non-hydrogen) atoms. The topological polar surface area (TPSA) is 32.5 Å². The van der Waals surface area contributed by atoms with E-state index in [4.69, 9.17) is 18.0 Å². The van der Waals surface area contributed by atoms with Gasteiger partial charge in [0.1, 0.15) is 0 Å². The number of likely N-dealkylation sites (tertiary alicyclic amines) is 1. The molecule has 1 aliphatic heterocycles. The minimum absolute atomic E-state index is 0.557. The van der Waals surface area contributed by atoms with Gasteiger partial charge in [0.2, 0.25) is 0 Å². The fraction of sp³-hybridized carbons (Fsp3) is 0.900. The molecular weight excluding hydrogens is 194 g/mol. The molecule has 0 aromatic rings. The predicted molar refractivity (Wildman–Crippen MR) is 64.3 cm³/mol. The molecule has 1 aliphatic rings. The van der Waals surface area contributed by atoms with Crippen molar-refractivity contribution in [2.75, 3.05) is 26.7 Å². The molecule has 0 unspecified atom stereocenters. The Morgan fingerprint density at radius 1 is 1.50 bits per heavy atom. The summed E-state index contributed by atoms with van der Waals surface area (Å²) in [6.45, 7) is 5.46. The highest BCUT2D eigenvalue weighted by Crippen LogP contribution is 2.15. The van der Waals surface area contributed by atoms with Gasteiger partial charge in [-0.3, -0.25) is 0 Å². The first-order valence-corrected chi connectivity index (χ1v) is 5.80. The van der Waals surface area contributed by atoms with Gasteiger partial charge in [0.25, 0.3) is 0 Å². The predicted octanol–water partition coefficient (Wildman–Crippen LogP) is 1.04. The summed E-state index contributed by atoms with van der Waals surface area (Å²) < 4.78 is 0. The van der Waals surface area contributed by atoms with Crippen molar-refractivity contribution in [3.05, 3.63) is 0 Å². The van der Waals surface area contributed by atoms with Crippen molar-refractivity contribution in [3.8, 4) is 0 Å². The second kappa shape index (κ2) is 5.51. The minimum atomic E-state index is 0.557. The monoisotopic (exact) mass is 215 g/mol. The van der Waals surface area contributed by atoms with Crippen molar-refractivity contribution in [1.82, 2.24) is 9.80 Å². The van der Waals surface area contributed by atoms with Gasteiger partial charge < -0.3 is 15.5 Å². The molecule has 0 bridgehead atoms. The van der Waals surface area contributed by atoms with E-state index in [1.54, 1.807) is 0 Å². The molecule has 4 heteroatoms. The zero-order valence-electron chi connectivity index (χ0n) is 9.20. The van der Waals surface area contributed by atoms with E-state index in [0.29, 0.717) is 5.11 Å². The minimum Gasteiger partial charge on any atom is -0.376 e. The van der Waals surface area contributed by atoms with Crippen molar-refractivity contribution in [2.24, 2.45) is 5.73 Å². The van der Waals surface area contributed by atoms with Crippen LogP contribution in [0.5, 0.6) is 0 Å². The third-order valence-electron chi connectivity index (χ3n) is 2.98. The van der Waals surface area contributed by atoms with Crippen molar-refractivity contribution >= 4 is 17.3 Å². The summed E-state index contributed by atoms with van der Waals surface area (Å²) in [5, 5.41) is 0.557. The maximum atomic E-state index is 5.59. The molecule has 2 N–H and O–H groups in total. The van der Waals surface area contributed by atoms with E-state index in [-0.39, 0.29) is 0 Å². The van der Waals surface area contributed by atoms with E-state index in [0.717, 1.165) is 19.1 Å². The third kappa shape index (κ3) is 3.10. The summed E-state index contributed by atoms with van der Waals surface area (Å²) in [6.07, 6.45) is 3.60. The van der Waals surface area contributed by atoms with Gasteiger partial charge in [-0.2, -0.15) is 0 Å². The van der Waals surface area contributed by atoms with E-state index in [1.807, 2.05) is 0 Å². The summed E-state index contributed by atoms with van der Waals surface area (Å²) in [7, 11) is 2.21. The molecule has 0 aromatic heterocycles. The number of nitrogens with zero attached hydrogens (tertiary/aromatic N) is 2. The van der Waals surface area contributed by atoms with Gasteiger partial charge in [-0.1, -0.05) is 6.92 Å². The maximum absolute atomic E-state index is 5.59. The first kappa shape index (κ1) is 11.7. The van der Waals surface area contributed by atoms with Gasteiger partial charge in [-0.05, 0) is 45.1 Å². The first-order chi connectivity index (χ1) is 6.65. The van der Waals surface area contributed by atoms with Crippen LogP contribution in [-0.4, -0.2) is 47.6 Å². The van der Waals surface area contributed by atoms with Crippen molar-refractivity contribution in [1.29, 1.82) is 0 Å². The molecule has 0 radical (unpaired) electrons. The lowest BCUT2D eigenvalue weighted by Crippen LogP contribution is -2.47. The molecule has 1 fully saturated rings. The Morgan fingerprint density at radius 2 is 2.07 bits per heavy atom. The van der Waals surface area contributed by atoms with Crippen molar-refractivity contribution in [3.63, 3.8) is 0 Å². The fourth-order valence-corrected chi connectivity index (χ4v) is 2.24. The van der Waals surface area contributed by atoms with E-state index < -0.39 is 0 Å². The SMILES string of the molecule is CCCN(C)C1CCN(C(N)=S)CC1. The average molecular weight is 215 g/mol. The van der Waals surface area contributed by atoms with Crippen LogP contribution in [0, 0.1) is 0 Å². The second-order valence-electron chi connectivity index (χ2n) is 4.04. The summed E-state index contributed by atoms with van der Waals surface area (Å²) in [6, 6.07) is 0.723. The molecule has 0 saturated carbocycles. The molecule has 1 heterocycles. The Labute approximate surface area is 92.2 Å². The Balaban J connectivity index is 2.31. The van der Waals surface area contributed by atoms with E-state index in [2.05, 4.69) is 23.8 Å². The van der Waals surface area contributed by atoms with Crippen LogP contribution >= 0.6 is 12.2 Å². The van der Waals surface area contributed by atoms with Gasteiger partial charge in [0.15, 0.2) is 5.11 Å². The Kier molecular flexibility index (Phi) is 4.62. The van der Waals surface area contributed by atoms with Gasteiger partial charge >= 0.3 is 0 Å². The number of piperidine rings is 1. The molecule has 3 nitrogen and oxygen atoms in total. The summed E-state index contributed by atoms with van der Waals surface area (Å²) in [4.78, 5) is 4.56. The standard InChI is InChI=1S/C10H21N3S/c1-3-6-12(2)9-4-7-13(8-5-9)10(11)14/h9H,3-8H2,1-2H3,(H2,11,14). The van der Waals surface area contributed by atoms with Crippen LogP contribution in [-0.2, 0) is 0 Å². The zero-order chi connectivity index (χ0) is 10.6. The number of hydrogen-bond acceptors (Lipinski definition) is 2. The molecule has 0 spiro atoms. The first-order valence-electron chi connectivity index (χ1n) is 5.39. The molecule has 1 saturated heterocycles. The average Bonchev–Trinajstić information content (AvgIpc) is 2.18. The van der Waals surface area contributed by atoms with Crippen LogP contribution in [0.3, 0.4) is 0 Å².